The van der Waals surface area contributed by atoms with Crippen molar-refractivity contribution in [3.05, 3.63) is 23.8 Å². The first-order valence-electron chi connectivity index (χ1n) is 3.91. The molecule has 1 aromatic carbocycles. The van der Waals surface area contributed by atoms with E-state index in [1.807, 2.05) is 0 Å². The zero-order valence-electron chi connectivity index (χ0n) is 7.36. The topological polar surface area (TPSA) is 86.7 Å². The molecule has 0 aliphatic rings. The van der Waals surface area contributed by atoms with Gasteiger partial charge in [-0.3, -0.25) is 0 Å². The standard InChI is InChI=1S/C9H13NO3/c1-9(13,5-10)6-2-7(11)4-8(12)3-6/h2-4,11-13H,5,10H2,1H3. The Labute approximate surface area is 76.2 Å². The zero-order valence-corrected chi connectivity index (χ0v) is 7.36. The summed E-state index contributed by atoms with van der Waals surface area (Å²) in [7, 11) is 0. The fraction of sp³-hybridized carbons (Fsp3) is 0.333. The number of nitrogens with two attached hydrogens (primary N) is 1. The highest BCUT2D eigenvalue weighted by atomic mass is 16.3. The predicted molar refractivity (Wildman–Crippen MR) is 48.4 cm³/mol. The van der Waals surface area contributed by atoms with Gasteiger partial charge in [0.15, 0.2) is 0 Å². The predicted octanol–water partition coefficient (Wildman–Crippen LogP) is 0.264. The maximum atomic E-state index is 9.70. The van der Waals surface area contributed by atoms with Gasteiger partial charge in [0.1, 0.15) is 11.5 Å². The lowest BCUT2D eigenvalue weighted by atomic mass is 9.96. The molecule has 0 amide bonds. The van der Waals surface area contributed by atoms with E-state index >= 15 is 0 Å². The molecule has 5 N–H and O–H groups in total. The average Bonchev–Trinajstić information content (AvgIpc) is 2.02. The van der Waals surface area contributed by atoms with E-state index < -0.39 is 5.60 Å². The SMILES string of the molecule is CC(O)(CN)c1cc(O)cc(O)c1. The maximum Gasteiger partial charge on any atom is 0.119 e. The van der Waals surface area contributed by atoms with Gasteiger partial charge >= 0.3 is 0 Å². The van der Waals surface area contributed by atoms with Crippen LogP contribution in [0, 0.1) is 0 Å². The summed E-state index contributed by atoms with van der Waals surface area (Å²) in [6, 6.07) is 3.93. The molecule has 4 heteroatoms. The first-order chi connectivity index (χ1) is 5.95. The summed E-state index contributed by atoms with van der Waals surface area (Å²) in [4.78, 5) is 0. The van der Waals surface area contributed by atoms with Crippen LogP contribution in [0.5, 0.6) is 11.5 Å². The monoisotopic (exact) mass is 183 g/mol. The van der Waals surface area contributed by atoms with Gasteiger partial charge in [-0.25, -0.2) is 0 Å². The molecule has 0 aromatic heterocycles. The van der Waals surface area contributed by atoms with Crippen LogP contribution in [-0.4, -0.2) is 21.9 Å². The largest absolute Gasteiger partial charge is 0.508 e. The first-order valence-corrected chi connectivity index (χ1v) is 3.91. The van der Waals surface area contributed by atoms with Crippen LogP contribution in [0.4, 0.5) is 0 Å². The lowest BCUT2D eigenvalue weighted by Gasteiger charge is -2.21. The summed E-state index contributed by atoms with van der Waals surface area (Å²) in [6.45, 7) is 1.54. The first kappa shape index (κ1) is 9.83. The molecule has 0 saturated carbocycles. The second-order valence-corrected chi connectivity index (χ2v) is 3.22. The third-order valence-corrected chi connectivity index (χ3v) is 1.92. The van der Waals surface area contributed by atoms with Crippen LogP contribution in [0.2, 0.25) is 0 Å². The van der Waals surface area contributed by atoms with Crippen molar-refractivity contribution in [3.63, 3.8) is 0 Å². The van der Waals surface area contributed by atoms with Crippen LogP contribution in [0.1, 0.15) is 12.5 Å². The van der Waals surface area contributed by atoms with Crippen LogP contribution < -0.4 is 5.73 Å². The number of phenolic OH excluding ortho intramolecular Hbond substituents is 2. The Balaban J connectivity index is 3.15. The Morgan fingerprint density at radius 2 is 1.69 bits per heavy atom. The van der Waals surface area contributed by atoms with Gasteiger partial charge in [-0.15, -0.1) is 0 Å². The van der Waals surface area contributed by atoms with E-state index in [2.05, 4.69) is 0 Å². The molecule has 0 saturated heterocycles. The molecule has 1 atom stereocenters. The second kappa shape index (κ2) is 3.24. The van der Waals surface area contributed by atoms with Crippen LogP contribution >= 0.6 is 0 Å². The van der Waals surface area contributed by atoms with Gasteiger partial charge in [-0.2, -0.15) is 0 Å². The number of phenols is 2. The van der Waals surface area contributed by atoms with Crippen molar-refractivity contribution in [3.8, 4) is 11.5 Å². The van der Waals surface area contributed by atoms with Gasteiger partial charge in [-0.05, 0) is 24.6 Å². The fourth-order valence-corrected chi connectivity index (χ4v) is 1.02. The van der Waals surface area contributed by atoms with E-state index in [0.29, 0.717) is 5.56 Å². The Hall–Kier alpha value is -1.26. The number of rotatable bonds is 2. The number of hydrogen-bond donors (Lipinski definition) is 4. The number of benzene rings is 1. The highest BCUT2D eigenvalue weighted by Gasteiger charge is 2.21. The molecular weight excluding hydrogens is 170 g/mol. The number of hydrogen-bond acceptors (Lipinski definition) is 4. The average molecular weight is 183 g/mol. The summed E-state index contributed by atoms with van der Waals surface area (Å²) >= 11 is 0. The Bertz CT molecular complexity index is 289. The second-order valence-electron chi connectivity index (χ2n) is 3.22. The summed E-state index contributed by atoms with van der Waals surface area (Å²) in [5, 5.41) is 28.0. The van der Waals surface area contributed by atoms with Crippen molar-refractivity contribution in [2.45, 2.75) is 12.5 Å². The summed E-state index contributed by atoms with van der Waals surface area (Å²) in [5.74, 6) is -0.188. The molecule has 0 aliphatic heterocycles. The molecule has 1 rings (SSSR count). The lowest BCUT2D eigenvalue weighted by molar-refractivity contribution is 0.0663. The van der Waals surface area contributed by atoms with Gasteiger partial charge in [0.05, 0.1) is 5.60 Å². The molecule has 0 radical (unpaired) electrons. The molecule has 0 fully saturated rings. The molecule has 72 valence electrons. The zero-order chi connectivity index (χ0) is 10.1. The van der Waals surface area contributed by atoms with Gasteiger partial charge in [0, 0.05) is 12.6 Å². The minimum absolute atomic E-state index is 0.0237. The molecule has 0 bridgehead atoms. The Kier molecular flexibility index (Phi) is 2.45. The summed E-state index contributed by atoms with van der Waals surface area (Å²) in [5.41, 5.74) is 4.50. The van der Waals surface area contributed by atoms with Crippen LogP contribution in [0.25, 0.3) is 0 Å². The van der Waals surface area contributed by atoms with Crippen molar-refractivity contribution in [2.24, 2.45) is 5.73 Å². The van der Waals surface area contributed by atoms with E-state index in [9.17, 15) is 5.11 Å². The minimum Gasteiger partial charge on any atom is -0.508 e. The number of aliphatic hydroxyl groups is 1. The van der Waals surface area contributed by atoms with Crippen LogP contribution in [-0.2, 0) is 5.60 Å². The van der Waals surface area contributed by atoms with E-state index in [0.717, 1.165) is 0 Å². The van der Waals surface area contributed by atoms with Crippen LogP contribution in [0.3, 0.4) is 0 Å². The molecule has 0 spiro atoms. The molecule has 13 heavy (non-hydrogen) atoms. The van der Waals surface area contributed by atoms with Crippen molar-refractivity contribution in [1.29, 1.82) is 0 Å². The molecule has 1 aromatic rings. The van der Waals surface area contributed by atoms with Gasteiger partial charge < -0.3 is 21.1 Å². The van der Waals surface area contributed by atoms with Gasteiger partial charge in [0.2, 0.25) is 0 Å². The van der Waals surface area contributed by atoms with Crippen molar-refractivity contribution in [2.75, 3.05) is 6.54 Å². The van der Waals surface area contributed by atoms with Crippen LogP contribution in [0.15, 0.2) is 18.2 Å². The van der Waals surface area contributed by atoms with E-state index in [4.69, 9.17) is 15.9 Å². The Morgan fingerprint density at radius 3 is 2.08 bits per heavy atom. The highest BCUT2D eigenvalue weighted by molar-refractivity contribution is 5.39. The van der Waals surface area contributed by atoms with E-state index in [-0.39, 0.29) is 18.0 Å². The third-order valence-electron chi connectivity index (χ3n) is 1.92. The quantitative estimate of drug-likeness (QED) is 0.530. The molecular formula is C9H13NO3. The molecule has 4 nitrogen and oxygen atoms in total. The lowest BCUT2D eigenvalue weighted by Crippen LogP contribution is -2.31. The fourth-order valence-electron chi connectivity index (χ4n) is 1.02. The third kappa shape index (κ3) is 2.11. The minimum atomic E-state index is -1.23. The van der Waals surface area contributed by atoms with E-state index in [1.165, 1.54) is 25.1 Å². The smallest absolute Gasteiger partial charge is 0.119 e. The summed E-state index contributed by atoms with van der Waals surface area (Å²) < 4.78 is 0. The highest BCUT2D eigenvalue weighted by Crippen LogP contribution is 2.27. The maximum absolute atomic E-state index is 9.70. The van der Waals surface area contributed by atoms with Crippen molar-refractivity contribution < 1.29 is 15.3 Å². The van der Waals surface area contributed by atoms with Crippen molar-refractivity contribution in [1.82, 2.24) is 0 Å². The van der Waals surface area contributed by atoms with Crippen molar-refractivity contribution >= 4 is 0 Å². The molecule has 1 unspecified atom stereocenters. The normalized spacial score (nSPS) is 15.3. The Morgan fingerprint density at radius 1 is 1.23 bits per heavy atom. The van der Waals surface area contributed by atoms with Gasteiger partial charge in [-0.1, -0.05) is 0 Å². The summed E-state index contributed by atoms with van der Waals surface area (Å²) in [6.07, 6.45) is 0. The van der Waals surface area contributed by atoms with E-state index in [1.54, 1.807) is 0 Å². The van der Waals surface area contributed by atoms with Gasteiger partial charge in [0.25, 0.3) is 0 Å². The molecule has 0 aliphatic carbocycles. The number of aromatic hydroxyl groups is 2. The molecule has 0 heterocycles.